The molecule has 29 heavy (non-hydrogen) atoms. The van der Waals surface area contributed by atoms with Crippen molar-refractivity contribution in [3.63, 3.8) is 0 Å². The van der Waals surface area contributed by atoms with Gasteiger partial charge in [-0.25, -0.2) is 14.4 Å². The van der Waals surface area contributed by atoms with E-state index in [9.17, 15) is 14.6 Å². The maximum absolute atomic E-state index is 14.0. The van der Waals surface area contributed by atoms with E-state index in [2.05, 4.69) is 9.97 Å². The molecule has 0 amide bonds. The van der Waals surface area contributed by atoms with E-state index < -0.39 is 0 Å². The van der Waals surface area contributed by atoms with Crippen molar-refractivity contribution in [2.24, 2.45) is 0 Å². The Morgan fingerprint density at radius 1 is 0.897 bits per heavy atom. The van der Waals surface area contributed by atoms with E-state index >= 15 is 0 Å². The van der Waals surface area contributed by atoms with E-state index in [1.165, 1.54) is 12.1 Å². The SMILES string of the molecule is OCCN(Cc1ccccc1)c1nc(-c2ccccc2O)nc2ccc(F)cc12. The Morgan fingerprint density at radius 2 is 1.66 bits per heavy atom. The number of rotatable bonds is 6. The molecule has 0 saturated carbocycles. The standard InChI is InChI=1S/C23H20FN3O2/c24-17-10-11-20-19(14-17)23(26-22(25-20)18-8-4-5-9-21(18)29)27(12-13-28)15-16-6-2-1-3-7-16/h1-11,14,28-29H,12-13,15H2. The van der Waals surface area contributed by atoms with Gasteiger partial charge in [0.1, 0.15) is 17.4 Å². The Balaban J connectivity index is 1.90. The second kappa shape index (κ2) is 8.24. The van der Waals surface area contributed by atoms with Crippen LogP contribution in [0.5, 0.6) is 5.75 Å². The fourth-order valence-corrected chi connectivity index (χ4v) is 3.29. The van der Waals surface area contributed by atoms with Gasteiger partial charge in [-0.15, -0.1) is 0 Å². The first kappa shape index (κ1) is 18.8. The van der Waals surface area contributed by atoms with E-state index in [-0.39, 0.29) is 18.2 Å². The van der Waals surface area contributed by atoms with Crippen LogP contribution in [0, 0.1) is 5.82 Å². The minimum absolute atomic E-state index is 0.0664. The number of halogens is 1. The summed E-state index contributed by atoms with van der Waals surface area (Å²) in [4.78, 5) is 11.1. The Morgan fingerprint density at radius 3 is 2.41 bits per heavy atom. The Labute approximate surface area is 167 Å². The summed E-state index contributed by atoms with van der Waals surface area (Å²) in [6.45, 7) is 0.724. The molecule has 0 fully saturated rings. The van der Waals surface area contributed by atoms with Crippen molar-refractivity contribution in [2.75, 3.05) is 18.1 Å². The minimum Gasteiger partial charge on any atom is -0.507 e. The molecule has 0 spiro atoms. The number of benzene rings is 3. The van der Waals surface area contributed by atoms with Gasteiger partial charge < -0.3 is 15.1 Å². The maximum atomic E-state index is 14.0. The molecule has 0 radical (unpaired) electrons. The number of aromatic hydroxyl groups is 1. The normalized spacial score (nSPS) is 11.0. The summed E-state index contributed by atoms with van der Waals surface area (Å²) in [6.07, 6.45) is 0. The number of hydrogen-bond donors (Lipinski definition) is 2. The van der Waals surface area contributed by atoms with Gasteiger partial charge in [0.05, 0.1) is 17.7 Å². The Hall–Kier alpha value is -3.51. The molecule has 0 aliphatic carbocycles. The molecule has 5 nitrogen and oxygen atoms in total. The summed E-state index contributed by atoms with van der Waals surface area (Å²) in [7, 11) is 0. The summed E-state index contributed by atoms with van der Waals surface area (Å²) < 4.78 is 14.0. The summed E-state index contributed by atoms with van der Waals surface area (Å²) in [6, 6.07) is 21.0. The number of anilines is 1. The van der Waals surface area contributed by atoms with Crippen molar-refractivity contribution in [1.82, 2.24) is 9.97 Å². The fraction of sp³-hybridized carbons (Fsp3) is 0.130. The molecule has 4 rings (SSSR count). The topological polar surface area (TPSA) is 69.5 Å². The predicted octanol–water partition coefficient (Wildman–Crippen LogP) is 4.14. The second-order valence-corrected chi connectivity index (χ2v) is 6.68. The molecule has 1 aromatic heterocycles. The highest BCUT2D eigenvalue weighted by atomic mass is 19.1. The van der Waals surface area contributed by atoms with Crippen molar-refractivity contribution in [3.8, 4) is 17.1 Å². The largest absolute Gasteiger partial charge is 0.507 e. The highest BCUT2D eigenvalue weighted by molar-refractivity contribution is 5.91. The molecule has 0 aliphatic heterocycles. The average molecular weight is 389 g/mol. The summed E-state index contributed by atoms with van der Waals surface area (Å²) in [5.41, 5.74) is 2.09. The summed E-state index contributed by atoms with van der Waals surface area (Å²) in [5, 5.41) is 20.4. The molecule has 0 bridgehead atoms. The van der Waals surface area contributed by atoms with Crippen LogP contribution in [0.25, 0.3) is 22.3 Å². The molecule has 6 heteroatoms. The van der Waals surface area contributed by atoms with Crippen LogP contribution in [0.15, 0.2) is 72.8 Å². The first-order chi connectivity index (χ1) is 14.2. The van der Waals surface area contributed by atoms with Crippen LogP contribution in [0.2, 0.25) is 0 Å². The van der Waals surface area contributed by atoms with E-state index in [4.69, 9.17) is 0 Å². The van der Waals surface area contributed by atoms with E-state index in [1.807, 2.05) is 35.2 Å². The number of fused-ring (bicyclic) bond motifs is 1. The minimum atomic E-state index is -0.388. The first-order valence-electron chi connectivity index (χ1n) is 9.31. The smallest absolute Gasteiger partial charge is 0.165 e. The van der Waals surface area contributed by atoms with Crippen LogP contribution in [0.4, 0.5) is 10.2 Å². The number of aromatic nitrogens is 2. The molecule has 0 unspecified atom stereocenters. The maximum Gasteiger partial charge on any atom is 0.165 e. The lowest BCUT2D eigenvalue weighted by Gasteiger charge is -2.25. The highest BCUT2D eigenvalue weighted by Gasteiger charge is 2.18. The second-order valence-electron chi connectivity index (χ2n) is 6.68. The molecule has 0 aliphatic rings. The number of aliphatic hydroxyl groups excluding tert-OH is 1. The third-order valence-corrected chi connectivity index (χ3v) is 4.67. The van der Waals surface area contributed by atoms with Gasteiger partial charge in [-0.05, 0) is 35.9 Å². The van der Waals surface area contributed by atoms with Crippen molar-refractivity contribution < 1.29 is 14.6 Å². The number of phenolic OH excluding ortho intramolecular Hbond substituents is 1. The number of para-hydroxylation sites is 1. The number of aliphatic hydroxyl groups is 1. The van der Waals surface area contributed by atoms with Crippen LogP contribution in [0.3, 0.4) is 0 Å². The number of nitrogens with zero attached hydrogens (tertiary/aromatic N) is 3. The van der Waals surface area contributed by atoms with Gasteiger partial charge in [0.25, 0.3) is 0 Å². The van der Waals surface area contributed by atoms with Gasteiger partial charge in [-0.3, -0.25) is 0 Å². The van der Waals surface area contributed by atoms with Gasteiger partial charge in [0.15, 0.2) is 5.82 Å². The Bertz CT molecular complexity index is 1140. The number of hydrogen-bond acceptors (Lipinski definition) is 5. The zero-order valence-electron chi connectivity index (χ0n) is 15.7. The summed E-state index contributed by atoms with van der Waals surface area (Å²) >= 11 is 0. The lowest BCUT2D eigenvalue weighted by atomic mass is 10.1. The van der Waals surface area contributed by atoms with Crippen molar-refractivity contribution >= 4 is 16.7 Å². The van der Waals surface area contributed by atoms with Crippen LogP contribution >= 0.6 is 0 Å². The molecule has 146 valence electrons. The molecule has 2 N–H and O–H groups in total. The average Bonchev–Trinajstić information content (AvgIpc) is 2.74. The van der Waals surface area contributed by atoms with Crippen molar-refractivity contribution in [3.05, 3.63) is 84.2 Å². The lowest BCUT2D eigenvalue weighted by molar-refractivity contribution is 0.301. The lowest BCUT2D eigenvalue weighted by Crippen LogP contribution is -2.27. The van der Waals surface area contributed by atoms with E-state index in [1.54, 1.807) is 30.3 Å². The van der Waals surface area contributed by atoms with Crippen LogP contribution in [-0.2, 0) is 6.54 Å². The van der Waals surface area contributed by atoms with Gasteiger partial charge >= 0.3 is 0 Å². The molecule has 0 saturated heterocycles. The Kier molecular flexibility index (Phi) is 5.35. The molecular formula is C23H20FN3O2. The van der Waals surface area contributed by atoms with Gasteiger partial charge in [-0.2, -0.15) is 0 Å². The van der Waals surface area contributed by atoms with Gasteiger partial charge in [-0.1, -0.05) is 42.5 Å². The van der Waals surface area contributed by atoms with E-state index in [0.717, 1.165) is 5.56 Å². The zero-order valence-corrected chi connectivity index (χ0v) is 15.7. The molecule has 0 atom stereocenters. The molecule has 3 aromatic carbocycles. The monoisotopic (exact) mass is 389 g/mol. The van der Waals surface area contributed by atoms with Crippen LogP contribution in [-0.4, -0.2) is 33.3 Å². The summed E-state index contributed by atoms with van der Waals surface area (Å²) in [5.74, 6) is 0.525. The van der Waals surface area contributed by atoms with Crippen LogP contribution in [0.1, 0.15) is 5.56 Å². The third-order valence-electron chi connectivity index (χ3n) is 4.67. The molecule has 4 aromatic rings. The van der Waals surface area contributed by atoms with Crippen molar-refractivity contribution in [1.29, 1.82) is 0 Å². The third kappa shape index (κ3) is 4.02. The quantitative estimate of drug-likeness (QED) is 0.519. The molecule has 1 heterocycles. The predicted molar refractivity (Wildman–Crippen MR) is 111 cm³/mol. The van der Waals surface area contributed by atoms with Gasteiger partial charge in [0.2, 0.25) is 0 Å². The highest BCUT2D eigenvalue weighted by Crippen LogP contribution is 2.32. The number of phenols is 1. The zero-order chi connectivity index (χ0) is 20.2. The van der Waals surface area contributed by atoms with E-state index in [0.29, 0.717) is 41.2 Å². The van der Waals surface area contributed by atoms with Gasteiger partial charge in [0, 0.05) is 18.5 Å². The fourth-order valence-electron chi connectivity index (χ4n) is 3.29. The molecular weight excluding hydrogens is 369 g/mol. The van der Waals surface area contributed by atoms with Crippen molar-refractivity contribution in [2.45, 2.75) is 6.54 Å². The van der Waals surface area contributed by atoms with Crippen LogP contribution < -0.4 is 4.90 Å². The first-order valence-corrected chi connectivity index (χ1v) is 9.31.